The van der Waals surface area contributed by atoms with Gasteiger partial charge in [0.05, 0.1) is 5.69 Å². The molecule has 21 heavy (non-hydrogen) atoms. The molecule has 2 aromatic rings. The summed E-state index contributed by atoms with van der Waals surface area (Å²) in [6.07, 6.45) is 7.04. The minimum Gasteiger partial charge on any atom is -0.507 e. The molecule has 0 radical (unpaired) electrons. The molecule has 2 heteroatoms. The third-order valence-corrected chi connectivity index (χ3v) is 3.24. The number of terminal acetylenes is 1. The highest BCUT2D eigenvalue weighted by atomic mass is 16.3. The number of aliphatic imine (C=N–C) groups is 1. The van der Waals surface area contributed by atoms with Crippen molar-refractivity contribution in [1.82, 2.24) is 0 Å². The minimum atomic E-state index is -0.114. The maximum Gasteiger partial charge on any atom is 0.128 e. The van der Waals surface area contributed by atoms with Crippen molar-refractivity contribution in [2.45, 2.75) is 26.2 Å². The summed E-state index contributed by atoms with van der Waals surface area (Å²) in [5.74, 6) is 2.86. The first kappa shape index (κ1) is 14.9. The van der Waals surface area contributed by atoms with E-state index in [1.54, 1.807) is 6.21 Å². The maximum absolute atomic E-state index is 10.4. The molecule has 106 valence electrons. The lowest BCUT2D eigenvalue weighted by Gasteiger charge is -2.21. The first-order chi connectivity index (χ1) is 9.91. The van der Waals surface area contributed by atoms with Gasteiger partial charge in [-0.25, -0.2) is 0 Å². The fourth-order valence-electron chi connectivity index (χ4n) is 2.09. The Hall–Kier alpha value is -2.53. The zero-order chi connectivity index (χ0) is 15.5. The van der Waals surface area contributed by atoms with Crippen LogP contribution in [-0.4, -0.2) is 11.3 Å². The summed E-state index contributed by atoms with van der Waals surface area (Å²) in [6.45, 7) is 6.21. The molecule has 0 aliphatic heterocycles. The number of hydrogen-bond donors (Lipinski definition) is 1. The van der Waals surface area contributed by atoms with Gasteiger partial charge in [-0.15, -0.1) is 6.42 Å². The van der Waals surface area contributed by atoms with E-state index in [-0.39, 0.29) is 11.2 Å². The van der Waals surface area contributed by atoms with Crippen LogP contribution in [0.1, 0.15) is 37.5 Å². The average molecular weight is 277 g/mol. The predicted molar refractivity (Wildman–Crippen MR) is 88.4 cm³/mol. The van der Waals surface area contributed by atoms with E-state index < -0.39 is 0 Å². The van der Waals surface area contributed by atoms with E-state index in [1.807, 2.05) is 42.5 Å². The van der Waals surface area contributed by atoms with Gasteiger partial charge in [0.1, 0.15) is 5.75 Å². The molecular weight excluding hydrogens is 258 g/mol. The standard InChI is InChI=1S/C19H19NO/c1-5-14-8-6-10-16(12-14)20-13-15-9-7-11-17(18(15)21)19(2,3)4/h1,6-13,21H,2-4H3. The SMILES string of the molecule is C#Cc1cccc(N=Cc2cccc(C(C)(C)C)c2O)c1. The van der Waals surface area contributed by atoms with E-state index in [9.17, 15) is 5.11 Å². The second-order valence-electron chi connectivity index (χ2n) is 5.95. The van der Waals surface area contributed by atoms with Crippen molar-refractivity contribution < 1.29 is 5.11 Å². The molecule has 0 unspecified atom stereocenters. The quantitative estimate of drug-likeness (QED) is 0.639. The van der Waals surface area contributed by atoms with Crippen molar-refractivity contribution in [2.75, 3.05) is 0 Å². The zero-order valence-electron chi connectivity index (χ0n) is 12.6. The number of para-hydroxylation sites is 1. The van der Waals surface area contributed by atoms with Crippen molar-refractivity contribution >= 4 is 11.9 Å². The van der Waals surface area contributed by atoms with Crippen molar-refractivity contribution in [3.8, 4) is 18.1 Å². The minimum absolute atomic E-state index is 0.114. The Kier molecular flexibility index (Phi) is 4.14. The molecule has 2 rings (SSSR count). The third-order valence-electron chi connectivity index (χ3n) is 3.24. The Morgan fingerprint density at radius 3 is 2.52 bits per heavy atom. The van der Waals surface area contributed by atoms with Crippen LogP contribution in [0.3, 0.4) is 0 Å². The van der Waals surface area contributed by atoms with Crippen LogP contribution < -0.4 is 0 Å². The smallest absolute Gasteiger partial charge is 0.128 e. The van der Waals surface area contributed by atoms with Gasteiger partial charge >= 0.3 is 0 Å². The topological polar surface area (TPSA) is 32.6 Å². The number of nitrogens with zero attached hydrogens (tertiary/aromatic N) is 1. The zero-order valence-corrected chi connectivity index (χ0v) is 12.6. The van der Waals surface area contributed by atoms with E-state index in [0.717, 1.165) is 16.8 Å². The number of rotatable bonds is 2. The Labute approximate surface area is 126 Å². The van der Waals surface area contributed by atoms with Crippen molar-refractivity contribution in [3.63, 3.8) is 0 Å². The molecular formula is C19H19NO. The lowest BCUT2D eigenvalue weighted by Crippen LogP contribution is -2.11. The van der Waals surface area contributed by atoms with Crippen molar-refractivity contribution in [1.29, 1.82) is 0 Å². The summed E-state index contributed by atoms with van der Waals surface area (Å²) in [6, 6.07) is 13.2. The predicted octanol–water partition coefficient (Wildman–Crippen LogP) is 4.42. The van der Waals surface area contributed by atoms with Crippen LogP contribution in [0.15, 0.2) is 47.5 Å². The molecule has 0 spiro atoms. The first-order valence-electron chi connectivity index (χ1n) is 6.85. The van der Waals surface area contributed by atoms with E-state index in [2.05, 4.69) is 31.7 Å². The summed E-state index contributed by atoms with van der Waals surface area (Å²) in [5.41, 5.74) is 3.05. The fraction of sp³-hybridized carbons (Fsp3) is 0.211. The highest BCUT2D eigenvalue weighted by Gasteiger charge is 2.18. The molecule has 0 amide bonds. The molecule has 1 N–H and O–H groups in total. The van der Waals surface area contributed by atoms with Gasteiger partial charge in [-0.3, -0.25) is 4.99 Å². The van der Waals surface area contributed by atoms with Gasteiger partial charge in [-0.2, -0.15) is 0 Å². The molecule has 0 aliphatic carbocycles. The van der Waals surface area contributed by atoms with Crippen LogP contribution in [0, 0.1) is 12.3 Å². The Morgan fingerprint density at radius 2 is 1.86 bits per heavy atom. The van der Waals surface area contributed by atoms with Gasteiger partial charge in [-0.05, 0) is 35.2 Å². The second kappa shape index (κ2) is 5.85. The van der Waals surface area contributed by atoms with Crippen LogP contribution in [-0.2, 0) is 5.41 Å². The van der Waals surface area contributed by atoms with Crippen LogP contribution >= 0.6 is 0 Å². The van der Waals surface area contributed by atoms with Gasteiger partial charge in [0.15, 0.2) is 0 Å². The van der Waals surface area contributed by atoms with Gasteiger partial charge < -0.3 is 5.11 Å². The highest BCUT2D eigenvalue weighted by Crippen LogP contribution is 2.32. The van der Waals surface area contributed by atoms with E-state index in [0.29, 0.717) is 5.56 Å². The molecule has 0 heterocycles. The van der Waals surface area contributed by atoms with Crippen LogP contribution in [0.25, 0.3) is 0 Å². The Balaban J connectivity index is 2.36. The molecule has 0 bridgehead atoms. The normalized spacial score (nSPS) is 11.5. The molecule has 0 saturated heterocycles. The summed E-state index contributed by atoms with van der Waals surface area (Å²) in [5, 5.41) is 10.4. The molecule has 0 aliphatic rings. The third kappa shape index (κ3) is 3.52. The molecule has 0 saturated carbocycles. The Bertz CT molecular complexity index is 715. The van der Waals surface area contributed by atoms with Gasteiger partial charge in [0, 0.05) is 17.3 Å². The Morgan fingerprint density at radius 1 is 1.14 bits per heavy atom. The van der Waals surface area contributed by atoms with E-state index >= 15 is 0 Å². The summed E-state index contributed by atoms with van der Waals surface area (Å²) < 4.78 is 0. The largest absolute Gasteiger partial charge is 0.507 e. The van der Waals surface area contributed by atoms with Gasteiger partial charge in [0.2, 0.25) is 0 Å². The highest BCUT2D eigenvalue weighted by molar-refractivity contribution is 5.86. The number of phenolic OH excluding ortho intramolecular Hbond substituents is 1. The maximum atomic E-state index is 10.4. The number of hydrogen-bond acceptors (Lipinski definition) is 2. The van der Waals surface area contributed by atoms with Crippen LogP contribution in [0.2, 0.25) is 0 Å². The molecule has 0 aromatic heterocycles. The van der Waals surface area contributed by atoms with Crippen LogP contribution in [0.5, 0.6) is 5.75 Å². The van der Waals surface area contributed by atoms with Crippen molar-refractivity contribution in [3.05, 3.63) is 59.2 Å². The van der Waals surface area contributed by atoms with Gasteiger partial charge in [-0.1, -0.05) is 44.9 Å². The monoisotopic (exact) mass is 277 g/mol. The lowest BCUT2D eigenvalue weighted by molar-refractivity contribution is 0.446. The number of benzene rings is 2. The summed E-state index contributed by atoms with van der Waals surface area (Å²) in [4.78, 5) is 4.39. The van der Waals surface area contributed by atoms with Crippen LogP contribution in [0.4, 0.5) is 5.69 Å². The van der Waals surface area contributed by atoms with Gasteiger partial charge in [0.25, 0.3) is 0 Å². The molecule has 2 aromatic carbocycles. The lowest BCUT2D eigenvalue weighted by atomic mass is 9.85. The first-order valence-corrected chi connectivity index (χ1v) is 6.85. The van der Waals surface area contributed by atoms with Crippen molar-refractivity contribution in [2.24, 2.45) is 4.99 Å². The summed E-state index contributed by atoms with van der Waals surface area (Å²) in [7, 11) is 0. The molecule has 2 nitrogen and oxygen atoms in total. The number of aromatic hydroxyl groups is 1. The number of phenols is 1. The van der Waals surface area contributed by atoms with E-state index in [4.69, 9.17) is 6.42 Å². The molecule has 0 fully saturated rings. The summed E-state index contributed by atoms with van der Waals surface area (Å²) >= 11 is 0. The fourth-order valence-corrected chi connectivity index (χ4v) is 2.09. The average Bonchev–Trinajstić information content (AvgIpc) is 2.45. The second-order valence-corrected chi connectivity index (χ2v) is 5.95. The van der Waals surface area contributed by atoms with E-state index in [1.165, 1.54) is 0 Å². The molecule has 0 atom stereocenters.